The highest BCUT2D eigenvalue weighted by molar-refractivity contribution is 6.30. The van der Waals surface area contributed by atoms with Crippen LogP contribution in [0.3, 0.4) is 0 Å². The highest BCUT2D eigenvalue weighted by atomic mass is 35.5. The van der Waals surface area contributed by atoms with Gasteiger partial charge in [0.1, 0.15) is 5.82 Å². The predicted molar refractivity (Wildman–Crippen MR) is 82.4 cm³/mol. The van der Waals surface area contributed by atoms with E-state index in [9.17, 15) is 4.39 Å². The zero-order chi connectivity index (χ0) is 14.3. The highest BCUT2D eigenvalue weighted by Gasteiger charge is 2.25. The molecule has 0 fully saturated rings. The van der Waals surface area contributed by atoms with Crippen LogP contribution >= 0.6 is 11.6 Å². The van der Waals surface area contributed by atoms with Gasteiger partial charge in [-0.3, -0.25) is 0 Å². The van der Waals surface area contributed by atoms with Crippen molar-refractivity contribution in [3.05, 3.63) is 34.6 Å². The fraction of sp³-hybridized carbons (Fsp3) is 0.647. The first-order valence-electron chi connectivity index (χ1n) is 7.49. The van der Waals surface area contributed by atoms with Crippen LogP contribution in [0.5, 0.6) is 0 Å². The van der Waals surface area contributed by atoms with Crippen molar-refractivity contribution >= 4 is 11.6 Å². The molecule has 0 nitrogen and oxygen atoms in total. The summed E-state index contributed by atoms with van der Waals surface area (Å²) in [5.74, 6) is -0.324. The summed E-state index contributed by atoms with van der Waals surface area (Å²) in [6.07, 6.45) is 8.49. The van der Waals surface area contributed by atoms with Crippen LogP contribution in [0.15, 0.2) is 18.2 Å². The lowest BCUT2D eigenvalue weighted by molar-refractivity contribution is 0.376. The van der Waals surface area contributed by atoms with Crippen LogP contribution in [0, 0.1) is 5.82 Å². The van der Waals surface area contributed by atoms with Gasteiger partial charge in [0.2, 0.25) is 0 Å². The molecular formula is C17H26ClF. The number of unbranched alkanes of at least 4 members (excludes halogenated alkanes) is 3. The lowest BCUT2D eigenvalue weighted by Crippen LogP contribution is -2.22. The Hall–Kier alpha value is -0.560. The summed E-state index contributed by atoms with van der Waals surface area (Å²) in [6, 6.07) is 5.21. The van der Waals surface area contributed by atoms with Gasteiger partial charge in [-0.05, 0) is 36.0 Å². The van der Waals surface area contributed by atoms with E-state index >= 15 is 0 Å². The van der Waals surface area contributed by atoms with E-state index in [1.807, 2.05) is 12.1 Å². The molecule has 0 N–H and O–H groups in total. The number of hydrogen-bond donors (Lipinski definition) is 0. The molecule has 0 amide bonds. The van der Waals surface area contributed by atoms with Crippen LogP contribution in [0.4, 0.5) is 4.39 Å². The summed E-state index contributed by atoms with van der Waals surface area (Å²) in [5, 5.41) is 0.244. The van der Waals surface area contributed by atoms with Crippen LogP contribution in [0.2, 0.25) is 5.02 Å². The van der Waals surface area contributed by atoms with Gasteiger partial charge in [-0.2, -0.15) is 0 Å². The van der Waals surface area contributed by atoms with Crippen LogP contribution < -0.4 is 0 Å². The van der Waals surface area contributed by atoms with Crippen LogP contribution in [0.25, 0.3) is 0 Å². The average molecular weight is 285 g/mol. The molecule has 0 saturated carbocycles. The van der Waals surface area contributed by atoms with E-state index in [0.717, 1.165) is 19.3 Å². The third kappa shape index (κ3) is 4.80. The SMILES string of the molecule is CCCCCCC(C)(CCC)c1ccc(F)c(Cl)c1. The van der Waals surface area contributed by atoms with Crippen molar-refractivity contribution in [1.82, 2.24) is 0 Å². The lowest BCUT2D eigenvalue weighted by Gasteiger charge is -2.30. The van der Waals surface area contributed by atoms with Crippen molar-refractivity contribution in [3.8, 4) is 0 Å². The van der Waals surface area contributed by atoms with Crippen LogP contribution in [-0.4, -0.2) is 0 Å². The van der Waals surface area contributed by atoms with Gasteiger partial charge in [0.15, 0.2) is 0 Å². The van der Waals surface area contributed by atoms with E-state index in [1.165, 1.54) is 37.3 Å². The van der Waals surface area contributed by atoms with Gasteiger partial charge < -0.3 is 0 Å². The normalized spacial score (nSPS) is 14.4. The van der Waals surface area contributed by atoms with Crippen LogP contribution in [-0.2, 0) is 5.41 Å². The van der Waals surface area contributed by atoms with E-state index in [2.05, 4.69) is 20.8 Å². The topological polar surface area (TPSA) is 0 Å². The molecule has 0 heterocycles. The molecule has 1 rings (SSSR count). The standard InChI is InChI=1S/C17H26ClF/c1-4-6-7-8-12-17(3,11-5-2)14-9-10-16(19)15(18)13-14/h9-10,13H,4-8,11-12H2,1-3H3. The second kappa shape index (κ2) is 7.89. The molecule has 1 unspecified atom stereocenters. The third-order valence-corrected chi connectivity index (χ3v) is 4.29. The second-order valence-corrected chi connectivity index (χ2v) is 6.16. The maximum atomic E-state index is 13.3. The molecule has 0 radical (unpaired) electrons. The quantitative estimate of drug-likeness (QED) is 0.478. The average Bonchev–Trinajstić information content (AvgIpc) is 2.38. The molecule has 0 aliphatic heterocycles. The Balaban J connectivity index is 2.81. The zero-order valence-corrected chi connectivity index (χ0v) is 13.2. The summed E-state index contributed by atoms with van der Waals surface area (Å²) >= 11 is 5.93. The Morgan fingerprint density at radius 2 is 1.79 bits per heavy atom. The first-order valence-corrected chi connectivity index (χ1v) is 7.87. The van der Waals surface area contributed by atoms with Crippen molar-refractivity contribution in [3.63, 3.8) is 0 Å². The Morgan fingerprint density at radius 1 is 1.05 bits per heavy atom. The Kier molecular flexibility index (Phi) is 6.85. The van der Waals surface area contributed by atoms with Gasteiger partial charge in [-0.1, -0.05) is 70.5 Å². The largest absolute Gasteiger partial charge is 0.205 e. The fourth-order valence-electron chi connectivity index (χ4n) is 2.78. The highest BCUT2D eigenvalue weighted by Crippen LogP contribution is 2.36. The summed E-state index contributed by atoms with van der Waals surface area (Å²) in [5.41, 5.74) is 1.30. The van der Waals surface area contributed by atoms with Crippen LogP contribution in [0.1, 0.15) is 71.3 Å². The summed E-state index contributed by atoms with van der Waals surface area (Å²) in [6.45, 7) is 6.71. The van der Waals surface area contributed by atoms with E-state index in [1.54, 1.807) is 0 Å². The van der Waals surface area contributed by atoms with Crippen molar-refractivity contribution in [2.45, 2.75) is 71.1 Å². The van der Waals surface area contributed by atoms with Crippen molar-refractivity contribution < 1.29 is 4.39 Å². The van der Waals surface area contributed by atoms with Crippen molar-refractivity contribution in [2.24, 2.45) is 0 Å². The molecule has 0 spiro atoms. The summed E-state index contributed by atoms with van der Waals surface area (Å²) in [4.78, 5) is 0. The van der Waals surface area contributed by atoms with Gasteiger partial charge in [0, 0.05) is 0 Å². The maximum absolute atomic E-state index is 13.3. The van der Waals surface area contributed by atoms with Gasteiger partial charge in [-0.25, -0.2) is 4.39 Å². The Morgan fingerprint density at radius 3 is 2.37 bits per heavy atom. The summed E-state index contributed by atoms with van der Waals surface area (Å²) in [7, 11) is 0. The fourth-order valence-corrected chi connectivity index (χ4v) is 2.96. The molecule has 0 saturated heterocycles. The zero-order valence-electron chi connectivity index (χ0n) is 12.4. The second-order valence-electron chi connectivity index (χ2n) is 5.75. The molecule has 1 aromatic rings. The first-order chi connectivity index (χ1) is 9.03. The molecule has 2 heteroatoms. The minimum Gasteiger partial charge on any atom is -0.205 e. The molecule has 0 aliphatic carbocycles. The molecule has 0 aliphatic rings. The van der Waals surface area contributed by atoms with Crippen molar-refractivity contribution in [2.75, 3.05) is 0 Å². The third-order valence-electron chi connectivity index (χ3n) is 4.00. The molecule has 1 aromatic carbocycles. The number of halogens is 2. The monoisotopic (exact) mass is 284 g/mol. The van der Waals surface area contributed by atoms with Gasteiger partial charge in [-0.15, -0.1) is 0 Å². The first kappa shape index (κ1) is 16.5. The van der Waals surface area contributed by atoms with E-state index in [-0.39, 0.29) is 16.3 Å². The maximum Gasteiger partial charge on any atom is 0.141 e. The number of benzene rings is 1. The molecular weight excluding hydrogens is 259 g/mol. The molecule has 108 valence electrons. The van der Waals surface area contributed by atoms with E-state index < -0.39 is 0 Å². The predicted octanol–water partition coefficient (Wildman–Crippen LogP) is 6.51. The minimum atomic E-state index is -0.324. The van der Waals surface area contributed by atoms with Gasteiger partial charge in [0.25, 0.3) is 0 Å². The minimum absolute atomic E-state index is 0.125. The molecule has 0 bridgehead atoms. The molecule has 0 aromatic heterocycles. The number of hydrogen-bond acceptors (Lipinski definition) is 0. The Labute approximate surface area is 122 Å². The van der Waals surface area contributed by atoms with Crippen molar-refractivity contribution in [1.29, 1.82) is 0 Å². The smallest absolute Gasteiger partial charge is 0.141 e. The molecule has 1 atom stereocenters. The van der Waals surface area contributed by atoms with Gasteiger partial charge >= 0.3 is 0 Å². The van der Waals surface area contributed by atoms with E-state index in [4.69, 9.17) is 11.6 Å². The lowest BCUT2D eigenvalue weighted by atomic mass is 9.75. The number of rotatable bonds is 8. The summed E-state index contributed by atoms with van der Waals surface area (Å²) < 4.78 is 13.3. The van der Waals surface area contributed by atoms with Gasteiger partial charge in [0.05, 0.1) is 5.02 Å². The Bertz CT molecular complexity index is 389. The van der Waals surface area contributed by atoms with E-state index in [0.29, 0.717) is 0 Å². The molecule has 19 heavy (non-hydrogen) atoms.